The molecule has 9 nitrogen and oxygen atoms in total. The number of benzene rings is 2. The molecule has 0 spiro atoms. The molecule has 0 atom stereocenters. The monoisotopic (exact) mass is 502 g/mol. The van der Waals surface area contributed by atoms with Crippen molar-refractivity contribution in [3.63, 3.8) is 0 Å². The summed E-state index contributed by atoms with van der Waals surface area (Å²) in [5.41, 5.74) is 4.42. The molecule has 0 aliphatic heterocycles. The summed E-state index contributed by atoms with van der Waals surface area (Å²) in [5.74, 6) is -1.15. The normalized spacial score (nSPS) is 12.8. The second-order valence-corrected chi connectivity index (χ2v) is 7.99. The number of halogens is 1. The lowest BCUT2D eigenvalue weighted by atomic mass is 10.2. The van der Waals surface area contributed by atoms with E-state index in [4.69, 9.17) is 9.47 Å². The van der Waals surface area contributed by atoms with Gasteiger partial charge in [0.05, 0.1) is 17.8 Å². The van der Waals surface area contributed by atoms with Gasteiger partial charge in [-0.05, 0) is 65.0 Å². The van der Waals surface area contributed by atoms with E-state index < -0.39 is 11.8 Å². The van der Waals surface area contributed by atoms with Gasteiger partial charge in [0.2, 0.25) is 0 Å². The number of nitrogens with one attached hydrogen (secondary N) is 3. The molecule has 3 amide bonds. The number of rotatable bonds is 8. The Morgan fingerprint density at radius 2 is 1.94 bits per heavy atom. The van der Waals surface area contributed by atoms with Gasteiger partial charge in [0, 0.05) is 11.7 Å². The average Bonchev–Trinajstić information content (AvgIpc) is 3.58. The van der Waals surface area contributed by atoms with Crippen molar-refractivity contribution < 1.29 is 23.9 Å². The molecule has 1 aliphatic rings. The van der Waals surface area contributed by atoms with E-state index >= 15 is 0 Å². The van der Waals surface area contributed by atoms with Crippen LogP contribution in [0.3, 0.4) is 0 Å². The van der Waals surface area contributed by atoms with Crippen LogP contribution >= 0.6 is 15.9 Å². The fourth-order valence-electron chi connectivity index (χ4n) is 2.69. The topological polar surface area (TPSA) is 118 Å². The van der Waals surface area contributed by atoms with Gasteiger partial charge in [-0.3, -0.25) is 14.4 Å². The van der Waals surface area contributed by atoms with Crippen molar-refractivity contribution in [2.45, 2.75) is 25.8 Å². The lowest BCUT2D eigenvalue weighted by Crippen LogP contribution is -2.38. The van der Waals surface area contributed by atoms with Crippen molar-refractivity contribution in [1.29, 1.82) is 0 Å². The highest BCUT2D eigenvalue weighted by Crippen LogP contribution is 2.36. The molecule has 1 saturated carbocycles. The van der Waals surface area contributed by atoms with Gasteiger partial charge in [-0.2, -0.15) is 5.10 Å². The maximum absolute atomic E-state index is 12.3. The summed E-state index contributed by atoms with van der Waals surface area (Å²) < 4.78 is 11.5. The molecule has 0 bridgehead atoms. The molecule has 0 aromatic heterocycles. The minimum Gasteiger partial charge on any atom is -0.493 e. The molecule has 10 heteroatoms. The number of hydrogen-bond donors (Lipinski definition) is 3. The largest absolute Gasteiger partial charge is 0.493 e. The number of hydrogen-bond acceptors (Lipinski definition) is 6. The minimum absolute atomic E-state index is 0.0868. The smallest absolute Gasteiger partial charge is 0.329 e. The molecular weight excluding hydrogens is 480 g/mol. The molecule has 0 heterocycles. The van der Waals surface area contributed by atoms with E-state index in [-0.39, 0.29) is 18.6 Å². The van der Waals surface area contributed by atoms with Gasteiger partial charge in [-0.25, -0.2) is 5.43 Å². The molecule has 3 rings (SSSR count). The fraction of sp³-hybridized carbons (Fsp3) is 0.273. The second kappa shape index (κ2) is 10.8. The van der Waals surface area contributed by atoms with Crippen LogP contribution in [0.25, 0.3) is 0 Å². The number of nitrogens with zero attached hydrogens (tertiary/aromatic N) is 1. The maximum Gasteiger partial charge on any atom is 0.329 e. The SMILES string of the molecule is COc1cc(/C=N\NC(=O)C(=O)NC2CC2)cc(Br)c1OCC(=O)Nc1ccccc1C. The number of aryl methyl sites for hydroxylation is 1. The van der Waals surface area contributed by atoms with Crippen molar-refractivity contribution in [3.8, 4) is 11.5 Å². The van der Waals surface area contributed by atoms with E-state index in [9.17, 15) is 14.4 Å². The third-order valence-corrected chi connectivity index (χ3v) is 5.11. The third kappa shape index (κ3) is 6.55. The van der Waals surface area contributed by atoms with Gasteiger partial charge >= 0.3 is 11.8 Å². The number of hydrazone groups is 1. The van der Waals surface area contributed by atoms with Crippen LogP contribution < -0.4 is 25.5 Å². The van der Waals surface area contributed by atoms with Gasteiger partial charge in [-0.1, -0.05) is 18.2 Å². The van der Waals surface area contributed by atoms with Crippen LogP contribution in [-0.4, -0.2) is 43.7 Å². The van der Waals surface area contributed by atoms with Crippen LogP contribution in [0.5, 0.6) is 11.5 Å². The quantitative estimate of drug-likeness (QED) is 0.291. The highest BCUT2D eigenvalue weighted by atomic mass is 79.9. The standard InChI is InChI=1S/C22H23BrN4O5/c1-13-5-3-4-6-17(13)26-19(28)12-32-20-16(23)9-14(10-18(20)31-2)11-24-27-22(30)21(29)25-15-7-8-15/h3-6,9-11,15H,7-8,12H2,1-2H3,(H,25,29)(H,26,28)(H,27,30)/b24-11-. The molecule has 2 aromatic carbocycles. The zero-order chi connectivity index (χ0) is 23.1. The number of para-hydroxylation sites is 1. The Hall–Kier alpha value is -3.40. The van der Waals surface area contributed by atoms with E-state index in [2.05, 4.69) is 37.1 Å². The van der Waals surface area contributed by atoms with Crippen molar-refractivity contribution >= 4 is 45.6 Å². The summed E-state index contributed by atoms with van der Waals surface area (Å²) in [6.45, 7) is 1.68. The van der Waals surface area contributed by atoms with Crippen molar-refractivity contribution in [2.24, 2.45) is 5.10 Å². The van der Waals surface area contributed by atoms with Crippen molar-refractivity contribution in [3.05, 3.63) is 52.0 Å². The first-order chi connectivity index (χ1) is 15.4. The molecule has 0 saturated heterocycles. The number of carbonyl (C=O) groups is 3. The first kappa shape index (κ1) is 23.3. The fourth-order valence-corrected chi connectivity index (χ4v) is 3.26. The van der Waals surface area contributed by atoms with Crippen LogP contribution in [0.4, 0.5) is 5.69 Å². The van der Waals surface area contributed by atoms with Gasteiger partial charge in [0.1, 0.15) is 0 Å². The van der Waals surface area contributed by atoms with E-state index in [0.717, 1.165) is 18.4 Å². The highest BCUT2D eigenvalue weighted by molar-refractivity contribution is 9.10. The number of ether oxygens (including phenoxy) is 2. The van der Waals surface area contributed by atoms with Gasteiger partial charge in [0.15, 0.2) is 18.1 Å². The summed E-state index contributed by atoms with van der Waals surface area (Å²) in [5, 5.41) is 9.17. The Morgan fingerprint density at radius 1 is 1.19 bits per heavy atom. The molecule has 0 radical (unpaired) electrons. The Bertz CT molecular complexity index is 1050. The first-order valence-electron chi connectivity index (χ1n) is 9.87. The van der Waals surface area contributed by atoms with Crippen LogP contribution in [0, 0.1) is 6.92 Å². The second-order valence-electron chi connectivity index (χ2n) is 7.13. The van der Waals surface area contributed by atoms with E-state index in [0.29, 0.717) is 27.2 Å². The molecule has 0 unspecified atom stereocenters. The minimum atomic E-state index is -0.834. The van der Waals surface area contributed by atoms with Crippen LogP contribution in [0.2, 0.25) is 0 Å². The van der Waals surface area contributed by atoms with Gasteiger partial charge in [-0.15, -0.1) is 0 Å². The van der Waals surface area contributed by atoms with Crippen molar-refractivity contribution in [2.75, 3.05) is 19.0 Å². The van der Waals surface area contributed by atoms with Gasteiger partial charge < -0.3 is 20.1 Å². The van der Waals surface area contributed by atoms with Crippen LogP contribution in [0.1, 0.15) is 24.0 Å². The lowest BCUT2D eigenvalue weighted by Gasteiger charge is -2.14. The summed E-state index contributed by atoms with van der Waals surface area (Å²) in [6.07, 6.45) is 3.14. The molecular formula is C22H23BrN4O5. The average molecular weight is 503 g/mol. The zero-order valence-electron chi connectivity index (χ0n) is 17.6. The number of amides is 3. The Labute approximate surface area is 193 Å². The van der Waals surface area contributed by atoms with Crippen LogP contribution in [-0.2, 0) is 14.4 Å². The number of carbonyl (C=O) groups excluding carboxylic acids is 3. The van der Waals surface area contributed by atoms with E-state index in [1.54, 1.807) is 12.1 Å². The van der Waals surface area contributed by atoms with E-state index in [1.807, 2.05) is 31.2 Å². The molecule has 3 N–H and O–H groups in total. The van der Waals surface area contributed by atoms with Gasteiger partial charge in [0.25, 0.3) is 5.91 Å². The summed E-state index contributed by atoms with van der Waals surface area (Å²) in [7, 11) is 1.47. The Balaban J connectivity index is 1.59. The first-order valence-corrected chi connectivity index (χ1v) is 10.7. The van der Waals surface area contributed by atoms with Crippen molar-refractivity contribution in [1.82, 2.24) is 10.7 Å². The predicted molar refractivity (Wildman–Crippen MR) is 123 cm³/mol. The summed E-state index contributed by atoms with van der Waals surface area (Å²) in [4.78, 5) is 35.6. The molecule has 1 fully saturated rings. The van der Waals surface area contributed by atoms with Crippen LogP contribution in [0.15, 0.2) is 46.0 Å². The number of anilines is 1. The third-order valence-electron chi connectivity index (χ3n) is 4.52. The zero-order valence-corrected chi connectivity index (χ0v) is 19.2. The summed E-state index contributed by atoms with van der Waals surface area (Å²) in [6, 6.07) is 10.8. The maximum atomic E-state index is 12.3. The molecule has 2 aromatic rings. The Kier molecular flexibility index (Phi) is 7.82. The van der Waals surface area contributed by atoms with E-state index in [1.165, 1.54) is 13.3 Å². The number of methoxy groups -OCH3 is 1. The predicted octanol–water partition coefficient (Wildman–Crippen LogP) is 2.51. The Morgan fingerprint density at radius 3 is 2.62 bits per heavy atom. The highest BCUT2D eigenvalue weighted by Gasteiger charge is 2.26. The lowest BCUT2D eigenvalue weighted by molar-refractivity contribution is -0.139. The molecule has 32 heavy (non-hydrogen) atoms. The molecule has 1 aliphatic carbocycles. The summed E-state index contributed by atoms with van der Waals surface area (Å²) >= 11 is 3.40. The molecule has 168 valence electrons.